The van der Waals surface area contributed by atoms with Crippen LogP contribution in [0.4, 0.5) is 0 Å². The lowest BCUT2D eigenvalue weighted by Gasteiger charge is -1.99. The molecule has 1 N–H and O–H groups in total. The average molecular weight is 264 g/mol. The summed E-state index contributed by atoms with van der Waals surface area (Å²) in [6.45, 7) is 11.1. The molecule has 0 aliphatic carbocycles. The lowest BCUT2D eigenvalue weighted by molar-refractivity contribution is 0.281. The molecule has 2 aromatic rings. The van der Waals surface area contributed by atoms with E-state index in [1.807, 2.05) is 60.7 Å². The molecule has 0 spiro atoms. The third-order valence-electron chi connectivity index (χ3n) is 2.88. The number of aliphatic hydroxyl groups excluding tert-OH is 1. The Labute approximate surface area is 121 Å². The zero-order chi connectivity index (χ0) is 14.8. The molecule has 0 unspecified atom stereocenters. The van der Waals surface area contributed by atoms with E-state index in [4.69, 9.17) is 5.11 Å². The summed E-state index contributed by atoms with van der Waals surface area (Å²) in [7, 11) is 0. The summed E-state index contributed by atoms with van der Waals surface area (Å²) in [5.74, 6) is 0. The first-order valence-electron chi connectivity index (χ1n) is 6.42. The molecule has 0 amide bonds. The highest BCUT2D eigenvalue weighted by Crippen LogP contribution is 2.10. The summed E-state index contributed by atoms with van der Waals surface area (Å²) in [6, 6.07) is 15.7. The smallest absolute Gasteiger partial charge is 0.0687 e. The average Bonchev–Trinajstić information content (AvgIpc) is 2.55. The van der Waals surface area contributed by atoms with Crippen LogP contribution in [-0.2, 0) is 6.61 Å². The summed E-state index contributed by atoms with van der Waals surface area (Å²) in [4.78, 5) is 0. The van der Waals surface area contributed by atoms with Gasteiger partial charge >= 0.3 is 0 Å². The predicted octanol–water partition coefficient (Wildman–Crippen LogP) is 4.79. The van der Waals surface area contributed by atoms with E-state index in [1.54, 1.807) is 6.08 Å². The van der Waals surface area contributed by atoms with Crippen LogP contribution >= 0.6 is 0 Å². The Morgan fingerprint density at radius 2 is 1.10 bits per heavy atom. The van der Waals surface area contributed by atoms with Crippen molar-refractivity contribution in [2.75, 3.05) is 0 Å². The van der Waals surface area contributed by atoms with E-state index in [1.165, 1.54) is 0 Å². The standard InChI is InChI=1S/C10H10.C9H10O/c1-3-9-7-5-6-8-10(9)4-2;1-2-8-5-3-4-6-9(8)7-10/h3-8H,1-2H2;2-6,10H,1,7H2. The minimum Gasteiger partial charge on any atom is -0.392 e. The molecule has 2 aromatic carbocycles. The lowest BCUT2D eigenvalue weighted by atomic mass is 10.1. The van der Waals surface area contributed by atoms with Crippen molar-refractivity contribution in [2.24, 2.45) is 0 Å². The van der Waals surface area contributed by atoms with Gasteiger partial charge in [-0.15, -0.1) is 0 Å². The Morgan fingerprint density at radius 1 is 0.700 bits per heavy atom. The second-order valence-electron chi connectivity index (χ2n) is 4.10. The van der Waals surface area contributed by atoms with Crippen LogP contribution in [0.5, 0.6) is 0 Å². The van der Waals surface area contributed by atoms with Crippen LogP contribution in [-0.4, -0.2) is 5.11 Å². The molecule has 0 aliphatic rings. The summed E-state index contributed by atoms with van der Waals surface area (Å²) in [5, 5.41) is 8.80. The molecule has 0 fully saturated rings. The van der Waals surface area contributed by atoms with Gasteiger partial charge in [-0.05, 0) is 22.3 Å². The van der Waals surface area contributed by atoms with Crippen molar-refractivity contribution >= 4 is 18.2 Å². The summed E-state index contributed by atoms with van der Waals surface area (Å²) in [6.07, 6.45) is 5.40. The van der Waals surface area contributed by atoms with Crippen molar-refractivity contribution < 1.29 is 5.11 Å². The molecule has 0 bridgehead atoms. The monoisotopic (exact) mass is 264 g/mol. The maximum atomic E-state index is 8.80. The van der Waals surface area contributed by atoms with Crippen LogP contribution in [0.1, 0.15) is 22.3 Å². The zero-order valence-electron chi connectivity index (χ0n) is 11.6. The van der Waals surface area contributed by atoms with Crippen LogP contribution in [0.2, 0.25) is 0 Å². The second kappa shape index (κ2) is 8.68. The first kappa shape index (κ1) is 15.7. The molecular weight excluding hydrogens is 244 g/mol. The molecule has 0 atom stereocenters. The maximum Gasteiger partial charge on any atom is 0.0687 e. The highest BCUT2D eigenvalue weighted by atomic mass is 16.3. The first-order valence-corrected chi connectivity index (χ1v) is 6.42. The van der Waals surface area contributed by atoms with E-state index < -0.39 is 0 Å². The first-order chi connectivity index (χ1) is 9.76. The fourth-order valence-corrected chi connectivity index (χ4v) is 1.76. The molecular formula is C19H20O. The Morgan fingerprint density at radius 3 is 1.45 bits per heavy atom. The third kappa shape index (κ3) is 4.38. The lowest BCUT2D eigenvalue weighted by Crippen LogP contribution is -1.85. The molecule has 1 heteroatoms. The van der Waals surface area contributed by atoms with Crippen molar-refractivity contribution in [3.63, 3.8) is 0 Å². The fourth-order valence-electron chi connectivity index (χ4n) is 1.76. The van der Waals surface area contributed by atoms with Crippen LogP contribution in [0.3, 0.4) is 0 Å². The third-order valence-corrected chi connectivity index (χ3v) is 2.88. The molecule has 0 heterocycles. The van der Waals surface area contributed by atoms with Crippen molar-refractivity contribution in [1.82, 2.24) is 0 Å². The predicted molar refractivity (Wildman–Crippen MR) is 89.1 cm³/mol. The Balaban J connectivity index is 0.000000200. The minimum atomic E-state index is 0.0855. The normalized spacial score (nSPS) is 9.05. The maximum absolute atomic E-state index is 8.80. The number of rotatable bonds is 4. The van der Waals surface area contributed by atoms with Gasteiger partial charge in [0.2, 0.25) is 0 Å². The summed E-state index contributed by atoms with van der Waals surface area (Å²) >= 11 is 0. The Bertz CT molecular complexity index is 555. The highest BCUT2D eigenvalue weighted by Gasteiger charge is 1.93. The van der Waals surface area contributed by atoms with E-state index in [0.717, 1.165) is 22.3 Å². The number of hydrogen-bond acceptors (Lipinski definition) is 1. The van der Waals surface area contributed by atoms with Gasteiger partial charge < -0.3 is 5.11 Å². The molecule has 0 aliphatic heterocycles. The summed E-state index contributed by atoms with van der Waals surface area (Å²) in [5.41, 5.74) is 4.21. The van der Waals surface area contributed by atoms with Gasteiger partial charge in [-0.1, -0.05) is 86.5 Å². The zero-order valence-corrected chi connectivity index (χ0v) is 11.6. The largest absolute Gasteiger partial charge is 0.392 e. The molecule has 20 heavy (non-hydrogen) atoms. The fraction of sp³-hybridized carbons (Fsp3) is 0.0526. The van der Waals surface area contributed by atoms with E-state index >= 15 is 0 Å². The molecule has 0 saturated heterocycles. The Kier molecular flexibility index (Phi) is 6.80. The van der Waals surface area contributed by atoms with Crippen molar-refractivity contribution in [3.05, 3.63) is 90.5 Å². The van der Waals surface area contributed by atoms with Crippen LogP contribution < -0.4 is 0 Å². The van der Waals surface area contributed by atoms with Gasteiger partial charge in [0, 0.05) is 0 Å². The molecule has 1 nitrogen and oxygen atoms in total. The van der Waals surface area contributed by atoms with Crippen LogP contribution in [0.15, 0.2) is 68.3 Å². The molecule has 0 radical (unpaired) electrons. The van der Waals surface area contributed by atoms with Gasteiger partial charge in [-0.25, -0.2) is 0 Å². The quantitative estimate of drug-likeness (QED) is 0.841. The number of aliphatic hydroxyl groups is 1. The Hall–Kier alpha value is -2.38. The van der Waals surface area contributed by atoms with Gasteiger partial charge in [0.25, 0.3) is 0 Å². The SMILES string of the molecule is C=Cc1ccccc1C=C.C=Cc1ccccc1CO. The van der Waals surface area contributed by atoms with Crippen molar-refractivity contribution in [2.45, 2.75) is 6.61 Å². The van der Waals surface area contributed by atoms with E-state index in [9.17, 15) is 0 Å². The molecule has 102 valence electrons. The molecule has 2 rings (SSSR count). The van der Waals surface area contributed by atoms with Gasteiger partial charge in [0.15, 0.2) is 0 Å². The van der Waals surface area contributed by atoms with Crippen LogP contribution in [0.25, 0.3) is 18.2 Å². The summed E-state index contributed by atoms with van der Waals surface area (Å²) < 4.78 is 0. The van der Waals surface area contributed by atoms with Gasteiger partial charge in [0.1, 0.15) is 0 Å². The molecule has 0 saturated carbocycles. The van der Waals surface area contributed by atoms with E-state index in [-0.39, 0.29) is 6.61 Å². The molecule has 0 aromatic heterocycles. The van der Waals surface area contributed by atoms with Crippen LogP contribution in [0, 0.1) is 0 Å². The topological polar surface area (TPSA) is 20.2 Å². The van der Waals surface area contributed by atoms with Gasteiger partial charge in [-0.3, -0.25) is 0 Å². The highest BCUT2D eigenvalue weighted by molar-refractivity contribution is 5.63. The van der Waals surface area contributed by atoms with Gasteiger partial charge in [0.05, 0.1) is 6.61 Å². The van der Waals surface area contributed by atoms with E-state index in [2.05, 4.69) is 19.7 Å². The number of benzene rings is 2. The van der Waals surface area contributed by atoms with E-state index in [0.29, 0.717) is 0 Å². The van der Waals surface area contributed by atoms with Gasteiger partial charge in [-0.2, -0.15) is 0 Å². The second-order valence-corrected chi connectivity index (χ2v) is 4.10. The van der Waals surface area contributed by atoms with Crippen molar-refractivity contribution in [1.29, 1.82) is 0 Å². The minimum absolute atomic E-state index is 0.0855. The number of hydrogen-bond donors (Lipinski definition) is 1. The van der Waals surface area contributed by atoms with Crippen molar-refractivity contribution in [3.8, 4) is 0 Å².